The maximum atomic E-state index is 13.2. The summed E-state index contributed by atoms with van der Waals surface area (Å²) in [6.45, 7) is 5.08. The molecule has 0 aliphatic heterocycles. The van der Waals surface area contributed by atoms with Crippen LogP contribution < -0.4 is 4.74 Å². The van der Waals surface area contributed by atoms with Crippen LogP contribution in [0.25, 0.3) is 0 Å². The molecule has 0 bridgehead atoms. The summed E-state index contributed by atoms with van der Waals surface area (Å²) in [7, 11) is 0. The van der Waals surface area contributed by atoms with Gasteiger partial charge in [-0.15, -0.1) is 0 Å². The number of hydrogen-bond donors (Lipinski definition) is 0. The number of amides is 1. The molecule has 0 radical (unpaired) electrons. The Bertz CT molecular complexity index is 862. The highest BCUT2D eigenvalue weighted by Crippen LogP contribution is 2.16. The van der Waals surface area contributed by atoms with Gasteiger partial charge in [-0.25, -0.2) is 0 Å². The van der Waals surface area contributed by atoms with Crippen LogP contribution in [0.2, 0.25) is 0 Å². The Morgan fingerprint density at radius 2 is 1.68 bits per heavy atom. The van der Waals surface area contributed by atoms with Gasteiger partial charge in [0.1, 0.15) is 5.75 Å². The molecular formula is C24H26N2O2. The van der Waals surface area contributed by atoms with E-state index in [2.05, 4.69) is 17.1 Å². The van der Waals surface area contributed by atoms with Crippen LogP contribution in [0.15, 0.2) is 79.0 Å². The Balaban J connectivity index is 1.75. The van der Waals surface area contributed by atoms with Gasteiger partial charge in [-0.05, 0) is 62.2 Å². The van der Waals surface area contributed by atoms with Crippen LogP contribution >= 0.6 is 0 Å². The van der Waals surface area contributed by atoms with E-state index in [4.69, 9.17) is 4.74 Å². The van der Waals surface area contributed by atoms with Crippen molar-refractivity contribution in [2.24, 2.45) is 0 Å². The van der Waals surface area contributed by atoms with E-state index in [1.807, 2.05) is 79.4 Å². The molecule has 28 heavy (non-hydrogen) atoms. The van der Waals surface area contributed by atoms with E-state index < -0.39 is 0 Å². The molecule has 4 heteroatoms. The third-order valence-electron chi connectivity index (χ3n) is 4.35. The molecule has 3 aromatic rings. The summed E-state index contributed by atoms with van der Waals surface area (Å²) in [5.74, 6) is 0.768. The maximum Gasteiger partial charge on any atom is 0.254 e. The lowest BCUT2D eigenvalue weighted by Gasteiger charge is -2.23. The van der Waals surface area contributed by atoms with E-state index in [0.29, 0.717) is 18.7 Å². The first-order valence-corrected chi connectivity index (χ1v) is 9.61. The minimum atomic E-state index is -0.00215. The van der Waals surface area contributed by atoms with Gasteiger partial charge >= 0.3 is 0 Å². The average molecular weight is 374 g/mol. The highest BCUT2D eigenvalue weighted by molar-refractivity contribution is 5.94. The molecule has 1 heterocycles. The predicted octanol–water partition coefficient (Wildman–Crippen LogP) is 4.75. The van der Waals surface area contributed by atoms with Gasteiger partial charge in [0.05, 0.1) is 18.3 Å². The van der Waals surface area contributed by atoms with Crippen LogP contribution in [0, 0.1) is 0 Å². The number of pyridine rings is 1. The number of carbonyl (C=O) groups is 1. The first kappa shape index (κ1) is 19.6. The second-order valence-corrected chi connectivity index (χ2v) is 6.97. The van der Waals surface area contributed by atoms with E-state index >= 15 is 0 Å². The van der Waals surface area contributed by atoms with Crippen LogP contribution in [0.4, 0.5) is 0 Å². The Morgan fingerprint density at radius 3 is 2.32 bits per heavy atom. The molecule has 0 fully saturated rings. The topological polar surface area (TPSA) is 42.4 Å². The van der Waals surface area contributed by atoms with Gasteiger partial charge in [-0.3, -0.25) is 9.78 Å². The standard InChI is InChI=1S/C24H26N2O2/c1-19(2)28-23-13-11-21(12-14-23)24(27)26(18-22-10-6-7-16-25-22)17-15-20-8-4-3-5-9-20/h3-14,16,19H,15,17-18H2,1-2H3. The lowest BCUT2D eigenvalue weighted by Crippen LogP contribution is -2.32. The zero-order chi connectivity index (χ0) is 19.8. The quantitative estimate of drug-likeness (QED) is 0.571. The predicted molar refractivity (Wildman–Crippen MR) is 111 cm³/mol. The van der Waals surface area contributed by atoms with Gasteiger partial charge in [-0.2, -0.15) is 0 Å². The fourth-order valence-corrected chi connectivity index (χ4v) is 2.98. The molecule has 1 aromatic heterocycles. The summed E-state index contributed by atoms with van der Waals surface area (Å²) >= 11 is 0. The lowest BCUT2D eigenvalue weighted by atomic mass is 10.1. The van der Waals surface area contributed by atoms with E-state index in [1.54, 1.807) is 6.20 Å². The summed E-state index contributed by atoms with van der Waals surface area (Å²) in [6, 6.07) is 23.3. The fourth-order valence-electron chi connectivity index (χ4n) is 2.98. The Hall–Kier alpha value is -3.14. The minimum absolute atomic E-state index is 0.00215. The summed E-state index contributed by atoms with van der Waals surface area (Å²) < 4.78 is 5.68. The second-order valence-electron chi connectivity index (χ2n) is 6.97. The van der Waals surface area contributed by atoms with Crippen LogP contribution in [0.3, 0.4) is 0 Å². The molecule has 2 aromatic carbocycles. The number of rotatable bonds is 8. The molecule has 0 unspecified atom stereocenters. The fraction of sp³-hybridized carbons (Fsp3) is 0.250. The number of nitrogens with zero attached hydrogens (tertiary/aromatic N) is 2. The van der Waals surface area contributed by atoms with Crippen molar-refractivity contribution in [2.45, 2.75) is 32.9 Å². The molecule has 1 amide bonds. The molecule has 4 nitrogen and oxygen atoms in total. The van der Waals surface area contributed by atoms with Crippen LogP contribution in [0.1, 0.15) is 35.5 Å². The minimum Gasteiger partial charge on any atom is -0.491 e. The number of ether oxygens (including phenoxy) is 1. The number of benzene rings is 2. The van der Waals surface area contributed by atoms with E-state index in [-0.39, 0.29) is 12.0 Å². The van der Waals surface area contributed by atoms with Crippen molar-refractivity contribution < 1.29 is 9.53 Å². The highest BCUT2D eigenvalue weighted by atomic mass is 16.5. The zero-order valence-electron chi connectivity index (χ0n) is 16.4. The zero-order valence-corrected chi connectivity index (χ0v) is 16.4. The number of carbonyl (C=O) groups excluding carboxylic acids is 1. The van der Waals surface area contributed by atoms with E-state index in [1.165, 1.54) is 5.56 Å². The highest BCUT2D eigenvalue weighted by Gasteiger charge is 2.17. The van der Waals surface area contributed by atoms with Crippen LogP contribution in [0.5, 0.6) is 5.75 Å². The Labute approximate surface area is 166 Å². The molecular weight excluding hydrogens is 348 g/mol. The van der Waals surface area contributed by atoms with E-state index in [9.17, 15) is 4.79 Å². The molecule has 0 spiro atoms. The van der Waals surface area contributed by atoms with Crippen molar-refractivity contribution in [3.63, 3.8) is 0 Å². The first-order chi connectivity index (χ1) is 13.6. The van der Waals surface area contributed by atoms with Crippen molar-refractivity contribution in [2.75, 3.05) is 6.54 Å². The molecule has 0 saturated carbocycles. The van der Waals surface area contributed by atoms with Gasteiger partial charge < -0.3 is 9.64 Å². The summed E-state index contributed by atoms with van der Waals surface area (Å²) in [5, 5.41) is 0. The molecule has 3 rings (SSSR count). The van der Waals surface area contributed by atoms with Gasteiger partial charge in [0.25, 0.3) is 5.91 Å². The van der Waals surface area contributed by atoms with Crippen molar-refractivity contribution >= 4 is 5.91 Å². The molecule has 0 aliphatic rings. The molecule has 0 saturated heterocycles. The van der Waals surface area contributed by atoms with Gasteiger partial charge in [0.15, 0.2) is 0 Å². The SMILES string of the molecule is CC(C)Oc1ccc(C(=O)N(CCc2ccccc2)Cc2ccccn2)cc1. The summed E-state index contributed by atoms with van der Waals surface area (Å²) in [4.78, 5) is 19.4. The summed E-state index contributed by atoms with van der Waals surface area (Å²) in [6.07, 6.45) is 2.66. The molecule has 144 valence electrons. The lowest BCUT2D eigenvalue weighted by molar-refractivity contribution is 0.0743. The normalized spacial score (nSPS) is 10.7. The van der Waals surface area contributed by atoms with Crippen molar-refractivity contribution in [3.8, 4) is 5.75 Å². The van der Waals surface area contributed by atoms with Gasteiger partial charge in [0, 0.05) is 18.3 Å². The largest absolute Gasteiger partial charge is 0.491 e. The smallest absolute Gasteiger partial charge is 0.254 e. The van der Waals surface area contributed by atoms with Crippen molar-refractivity contribution in [1.29, 1.82) is 0 Å². The van der Waals surface area contributed by atoms with E-state index in [0.717, 1.165) is 17.9 Å². The Kier molecular flexibility index (Phi) is 6.79. The van der Waals surface area contributed by atoms with Crippen LogP contribution in [-0.4, -0.2) is 28.4 Å². The first-order valence-electron chi connectivity index (χ1n) is 9.61. The Morgan fingerprint density at radius 1 is 0.964 bits per heavy atom. The third kappa shape index (κ3) is 5.68. The average Bonchev–Trinajstić information content (AvgIpc) is 2.72. The van der Waals surface area contributed by atoms with Crippen LogP contribution in [-0.2, 0) is 13.0 Å². The molecule has 0 aliphatic carbocycles. The molecule has 0 N–H and O–H groups in total. The number of hydrogen-bond acceptors (Lipinski definition) is 3. The molecule has 0 atom stereocenters. The monoisotopic (exact) mass is 374 g/mol. The van der Waals surface area contributed by atoms with Crippen molar-refractivity contribution in [1.82, 2.24) is 9.88 Å². The second kappa shape index (κ2) is 9.70. The van der Waals surface area contributed by atoms with Gasteiger partial charge in [0.2, 0.25) is 0 Å². The van der Waals surface area contributed by atoms with Gasteiger partial charge in [-0.1, -0.05) is 36.4 Å². The van der Waals surface area contributed by atoms with Crippen molar-refractivity contribution in [3.05, 3.63) is 95.8 Å². The maximum absolute atomic E-state index is 13.2. The third-order valence-corrected chi connectivity index (χ3v) is 4.35. The summed E-state index contributed by atoms with van der Waals surface area (Å²) in [5.41, 5.74) is 2.74. The number of aromatic nitrogens is 1.